The van der Waals surface area contributed by atoms with E-state index in [0.717, 1.165) is 19.1 Å². The van der Waals surface area contributed by atoms with Crippen LogP contribution in [0.25, 0.3) is 0 Å². The van der Waals surface area contributed by atoms with Gasteiger partial charge < -0.3 is 15.0 Å². The van der Waals surface area contributed by atoms with Crippen LogP contribution in [0.5, 0.6) is 0 Å². The Morgan fingerprint density at radius 1 is 1.26 bits per heavy atom. The molecule has 0 aromatic rings. The smallest absolute Gasteiger partial charge is 0.0518 e. The zero-order valence-electron chi connectivity index (χ0n) is 13.7. The third-order valence-electron chi connectivity index (χ3n) is 3.61. The summed E-state index contributed by atoms with van der Waals surface area (Å²) >= 11 is 0. The molecule has 0 aliphatic carbocycles. The number of hydrogen-bond acceptors (Lipinski definition) is 3. The van der Waals surface area contributed by atoms with Crippen LogP contribution in [0.2, 0.25) is 0 Å². The maximum atomic E-state index is 5.58. The van der Waals surface area contributed by atoms with Gasteiger partial charge in [-0.25, -0.2) is 0 Å². The molecular formula is C16H34N2O. The van der Waals surface area contributed by atoms with Crippen molar-refractivity contribution in [3.05, 3.63) is 0 Å². The van der Waals surface area contributed by atoms with Crippen molar-refractivity contribution in [2.24, 2.45) is 5.92 Å². The van der Waals surface area contributed by atoms with E-state index in [2.05, 4.69) is 44.8 Å². The zero-order chi connectivity index (χ0) is 14.3. The van der Waals surface area contributed by atoms with Crippen molar-refractivity contribution in [3.8, 4) is 0 Å². The molecule has 114 valence electrons. The highest BCUT2D eigenvalue weighted by Crippen LogP contribution is 2.16. The monoisotopic (exact) mass is 270 g/mol. The van der Waals surface area contributed by atoms with E-state index in [4.69, 9.17) is 4.74 Å². The topological polar surface area (TPSA) is 24.5 Å². The van der Waals surface area contributed by atoms with Gasteiger partial charge in [0.25, 0.3) is 0 Å². The lowest BCUT2D eigenvalue weighted by Crippen LogP contribution is -2.39. The molecular weight excluding hydrogens is 236 g/mol. The third kappa shape index (κ3) is 8.61. The molecule has 3 nitrogen and oxygen atoms in total. The molecule has 0 bridgehead atoms. The van der Waals surface area contributed by atoms with Crippen molar-refractivity contribution in [2.75, 3.05) is 32.8 Å². The predicted molar refractivity (Wildman–Crippen MR) is 82.6 cm³/mol. The summed E-state index contributed by atoms with van der Waals surface area (Å²) in [6.07, 6.45) is 4.19. The molecule has 1 unspecified atom stereocenters. The minimum atomic E-state index is 0.252. The van der Waals surface area contributed by atoms with E-state index in [1.54, 1.807) is 0 Å². The van der Waals surface area contributed by atoms with Gasteiger partial charge in [-0.1, -0.05) is 0 Å². The first-order chi connectivity index (χ1) is 8.87. The van der Waals surface area contributed by atoms with Crippen LogP contribution in [-0.2, 0) is 4.74 Å². The van der Waals surface area contributed by atoms with Gasteiger partial charge in [0.15, 0.2) is 0 Å². The number of hydrogen-bond donors (Lipinski definition) is 1. The lowest BCUT2D eigenvalue weighted by Gasteiger charge is -2.23. The minimum Gasteiger partial charge on any atom is -0.379 e. The lowest BCUT2D eigenvalue weighted by molar-refractivity contribution is 0.0745. The Kier molecular flexibility index (Phi) is 7.33. The largest absolute Gasteiger partial charge is 0.379 e. The molecule has 3 heteroatoms. The van der Waals surface area contributed by atoms with Crippen LogP contribution in [0.1, 0.15) is 53.9 Å². The number of rotatable bonds is 8. The Morgan fingerprint density at radius 2 is 2.00 bits per heavy atom. The third-order valence-corrected chi connectivity index (χ3v) is 3.61. The summed E-state index contributed by atoms with van der Waals surface area (Å²) in [5.74, 6) is 0.839. The van der Waals surface area contributed by atoms with E-state index < -0.39 is 0 Å². The highest BCUT2D eigenvalue weighted by atomic mass is 16.5. The molecule has 1 N–H and O–H groups in total. The van der Waals surface area contributed by atoms with Gasteiger partial charge in [-0.15, -0.1) is 0 Å². The summed E-state index contributed by atoms with van der Waals surface area (Å²) in [5, 5.41) is 3.63. The quantitative estimate of drug-likeness (QED) is 0.686. The molecule has 0 amide bonds. The molecule has 1 heterocycles. The molecule has 1 saturated heterocycles. The average Bonchev–Trinajstić information content (AvgIpc) is 2.72. The van der Waals surface area contributed by atoms with Crippen molar-refractivity contribution >= 4 is 0 Å². The van der Waals surface area contributed by atoms with Crippen molar-refractivity contribution in [1.82, 2.24) is 10.2 Å². The van der Waals surface area contributed by atoms with E-state index in [1.807, 2.05) is 0 Å². The second-order valence-electron chi connectivity index (χ2n) is 7.21. The Bertz CT molecular complexity index is 235. The first-order valence-corrected chi connectivity index (χ1v) is 7.96. The number of nitrogens with zero attached hydrogens (tertiary/aromatic N) is 1. The standard InChI is InChI=1S/C16H34N2O/c1-14(2)19-11-7-6-9-18-10-8-15(13-18)12-17-16(3,4)5/h14-15,17H,6-13H2,1-5H3. The van der Waals surface area contributed by atoms with Gasteiger partial charge in [-0.3, -0.25) is 0 Å². The first-order valence-electron chi connectivity index (χ1n) is 7.96. The van der Waals surface area contributed by atoms with Gasteiger partial charge in [0.1, 0.15) is 0 Å². The second kappa shape index (κ2) is 8.23. The Morgan fingerprint density at radius 3 is 2.63 bits per heavy atom. The second-order valence-corrected chi connectivity index (χ2v) is 7.21. The molecule has 1 atom stereocenters. The number of likely N-dealkylation sites (tertiary alicyclic amines) is 1. The van der Waals surface area contributed by atoms with Crippen molar-refractivity contribution < 1.29 is 4.74 Å². The Balaban J connectivity index is 2.02. The van der Waals surface area contributed by atoms with Gasteiger partial charge in [0.2, 0.25) is 0 Å². The maximum Gasteiger partial charge on any atom is 0.0518 e. The average molecular weight is 270 g/mol. The molecule has 1 fully saturated rings. The van der Waals surface area contributed by atoms with Gasteiger partial charge in [-0.2, -0.15) is 0 Å². The highest BCUT2D eigenvalue weighted by Gasteiger charge is 2.23. The van der Waals surface area contributed by atoms with E-state index in [0.29, 0.717) is 6.10 Å². The fourth-order valence-corrected chi connectivity index (χ4v) is 2.49. The van der Waals surface area contributed by atoms with Crippen molar-refractivity contribution in [2.45, 2.75) is 65.5 Å². The van der Waals surface area contributed by atoms with E-state index in [9.17, 15) is 0 Å². The van der Waals surface area contributed by atoms with Crippen molar-refractivity contribution in [1.29, 1.82) is 0 Å². The van der Waals surface area contributed by atoms with Gasteiger partial charge >= 0.3 is 0 Å². The Labute approximate surface area is 120 Å². The molecule has 1 aliphatic heterocycles. The molecule has 1 aliphatic rings. The van der Waals surface area contributed by atoms with E-state index >= 15 is 0 Å². The van der Waals surface area contributed by atoms with E-state index in [-0.39, 0.29) is 5.54 Å². The number of nitrogens with one attached hydrogen (secondary N) is 1. The molecule has 19 heavy (non-hydrogen) atoms. The molecule has 0 saturated carbocycles. The molecule has 0 radical (unpaired) electrons. The SMILES string of the molecule is CC(C)OCCCCN1CCC(CNC(C)(C)C)C1. The summed E-state index contributed by atoms with van der Waals surface area (Å²) in [6, 6.07) is 0. The van der Waals surface area contributed by atoms with Gasteiger partial charge in [0.05, 0.1) is 6.10 Å². The lowest BCUT2D eigenvalue weighted by atomic mass is 10.1. The summed E-state index contributed by atoms with van der Waals surface area (Å²) in [7, 11) is 0. The van der Waals surface area contributed by atoms with Crippen LogP contribution in [0.4, 0.5) is 0 Å². The Hall–Kier alpha value is -0.120. The summed E-state index contributed by atoms with van der Waals surface area (Å²) in [4.78, 5) is 2.62. The number of unbranched alkanes of at least 4 members (excludes halogenated alkanes) is 1. The maximum absolute atomic E-state index is 5.58. The van der Waals surface area contributed by atoms with Crippen LogP contribution in [-0.4, -0.2) is 49.3 Å². The van der Waals surface area contributed by atoms with Crippen molar-refractivity contribution in [3.63, 3.8) is 0 Å². The van der Waals surface area contributed by atoms with Crippen LogP contribution < -0.4 is 5.32 Å². The highest BCUT2D eigenvalue weighted by molar-refractivity contribution is 4.80. The summed E-state index contributed by atoms with van der Waals surface area (Å²) < 4.78 is 5.58. The fourth-order valence-electron chi connectivity index (χ4n) is 2.49. The summed E-state index contributed by atoms with van der Waals surface area (Å²) in [5.41, 5.74) is 0.252. The van der Waals surface area contributed by atoms with Crippen LogP contribution in [0.15, 0.2) is 0 Å². The first kappa shape index (κ1) is 16.9. The normalized spacial score (nSPS) is 21.5. The van der Waals surface area contributed by atoms with Gasteiger partial charge in [0, 0.05) is 18.7 Å². The molecule has 1 rings (SSSR count). The fraction of sp³-hybridized carbons (Fsp3) is 1.00. The van der Waals surface area contributed by atoms with Crippen LogP contribution in [0.3, 0.4) is 0 Å². The van der Waals surface area contributed by atoms with Crippen LogP contribution in [0, 0.1) is 5.92 Å². The molecule has 0 spiro atoms. The van der Waals surface area contributed by atoms with Gasteiger partial charge in [-0.05, 0) is 79.4 Å². The zero-order valence-corrected chi connectivity index (χ0v) is 13.7. The molecule has 0 aromatic heterocycles. The van der Waals surface area contributed by atoms with E-state index in [1.165, 1.54) is 38.9 Å². The molecule has 0 aromatic carbocycles. The predicted octanol–water partition coefficient (Wildman–Crippen LogP) is 2.90. The minimum absolute atomic E-state index is 0.252. The van der Waals surface area contributed by atoms with Crippen LogP contribution >= 0.6 is 0 Å². The summed E-state index contributed by atoms with van der Waals surface area (Å²) in [6.45, 7) is 16.8. The number of ether oxygens (including phenoxy) is 1.